The van der Waals surface area contributed by atoms with Crippen LogP contribution in [0.15, 0.2) is 65.6 Å². The minimum absolute atomic E-state index is 0.0871. The lowest BCUT2D eigenvalue weighted by molar-refractivity contribution is 0.262. The van der Waals surface area contributed by atoms with Gasteiger partial charge in [0.05, 0.1) is 10.7 Å². The van der Waals surface area contributed by atoms with E-state index in [0.29, 0.717) is 28.5 Å². The quantitative estimate of drug-likeness (QED) is 0.416. The zero-order valence-corrected chi connectivity index (χ0v) is 18.6. The van der Waals surface area contributed by atoms with Gasteiger partial charge in [0.2, 0.25) is 0 Å². The van der Waals surface area contributed by atoms with E-state index in [4.69, 9.17) is 16.3 Å². The maximum atomic E-state index is 13.3. The molecule has 2 aromatic carbocycles. The standard InChI is InChI=1S/C24H20ClFN4O3/c1-14-5-6-17(29-24(32)28-16-7-8-20(26)19(25)10-16)11-21(14)33-13-18-12-22(31)30-9-3-4-15(2)23(30)27-18/h3-12H,13H2,1-2H3,(H2,28,29,32). The number of carbonyl (C=O) groups is 1. The Hall–Kier alpha value is -3.91. The molecule has 168 valence electrons. The molecule has 0 radical (unpaired) electrons. The number of carbonyl (C=O) groups excluding carboxylic acids is 1. The number of hydrogen-bond acceptors (Lipinski definition) is 4. The molecule has 9 heteroatoms. The Morgan fingerprint density at radius 1 is 1.06 bits per heavy atom. The third-order valence-electron chi connectivity index (χ3n) is 4.94. The fourth-order valence-electron chi connectivity index (χ4n) is 3.24. The van der Waals surface area contributed by atoms with Gasteiger partial charge in [0.15, 0.2) is 0 Å². The summed E-state index contributed by atoms with van der Waals surface area (Å²) in [4.78, 5) is 29.2. The Bertz CT molecular complexity index is 1420. The summed E-state index contributed by atoms with van der Waals surface area (Å²) in [6.45, 7) is 3.84. The van der Waals surface area contributed by atoms with Crippen molar-refractivity contribution in [3.05, 3.63) is 98.8 Å². The fraction of sp³-hybridized carbons (Fsp3) is 0.125. The second-order valence-corrected chi connectivity index (χ2v) is 7.85. The summed E-state index contributed by atoms with van der Waals surface area (Å²) >= 11 is 5.74. The van der Waals surface area contributed by atoms with Crippen LogP contribution in [0.4, 0.5) is 20.6 Å². The van der Waals surface area contributed by atoms with Gasteiger partial charge in [-0.3, -0.25) is 9.20 Å². The SMILES string of the molecule is Cc1ccc(NC(=O)Nc2ccc(F)c(Cl)c2)cc1OCc1cc(=O)n2cccc(C)c2n1. The number of rotatable bonds is 5. The first kappa shape index (κ1) is 22.3. The lowest BCUT2D eigenvalue weighted by Gasteiger charge is -2.13. The van der Waals surface area contributed by atoms with Crippen LogP contribution < -0.4 is 20.9 Å². The molecule has 0 unspecified atom stereocenters. The van der Waals surface area contributed by atoms with Gasteiger partial charge in [0.25, 0.3) is 5.56 Å². The Morgan fingerprint density at radius 2 is 1.79 bits per heavy atom. The lowest BCUT2D eigenvalue weighted by Crippen LogP contribution is -2.19. The molecule has 0 fully saturated rings. The molecule has 7 nitrogen and oxygen atoms in total. The minimum atomic E-state index is -0.568. The topological polar surface area (TPSA) is 84.7 Å². The van der Waals surface area contributed by atoms with Crippen LogP contribution in [0.1, 0.15) is 16.8 Å². The van der Waals surface area contributed by atoms with Crippen molar-refractivity contribution < 1.29 is 13.9 Å². The molecule has 2 N–H and O–H groups in total. The number of aromatic nitrogens is 2. The van der Waals surface area contributed by atoms with Crippen LogP contribution in [0.25, 0.3) is 5.65 Å². The molecule has 2 heterocycles. The van der Waals surface area contributed by atoms with Gasteiger partial charge in [0.1, 0.15) is 23.8 Å². The average molecular weight is 467 g/mol. The highest BCUT2D eigenvalue weighted by molar-refractivity contribution is 6.31. The highest BCUT2D eigenvalue weighted by Gasteiger charge is 2.10. The molecule has 0 bridgehead atoms. The first-order chi connectivity index (χ1) is 15.8. The van der Waals surface area contributed by atoms with E-state index < -0.39 is 11.8 Å². The second kappa shape index (κ2) is 9.30. The summed E-state index contributed by atoms with van der Waals surface area (Å²) in [5.41, 5.74) is 3.46. The summed E-state index contributed by atoms with van der Waals surface area (Å²) in [5, 5.41) is 5.20. The van der Waals surface area contributed by atoms with Gasteiger partial charge in [-0.05, 0) is 55.3 Å². The predicted octanol–water partition coefficient (Wildman–Crippen LogP) is 5.33. The van der Waals surface area contributed by atoms with Crippen LogP contribution in [0.2, 0.25) is 5.02 Å². The van der Waals surface area contributed by atoms with Crippen molar-refractivity contribution in [2.45, 2.75) is 20.5 Å². The fourth-order valence-corrected chi connectivity index (χ4v) is 3.42. The Morgan fingerprint density at radius 3 is 2.55 bits per heavy atom. The number of benzene rings is 2. The average Bonchev–Trinajstić information content (AvgIpc) is 2.77. The van der Waals surface area contributed by atoms with E-state index in [0.717, 1.165) is 11.1 Å². The summed E-state index contributed by atoms with van der Waals surface area (Å²) in [5.74, 6) is -0.0360. The van der Waals surface area contributed by atoms with E-state index in [2.05, 4.69) is 15.6 Å². The Labute approximate surface area is 193 Å². The third-order valence-corrected chi connectivity index (χ3v) is 5.23. The largest absolute Gasteiger partial charge is 0.487 e. The number of nitrogens with one attached hydrogen (secondary N) is 2. The summed E-state index contributed by atoms with van der Waals surface area (Å²) < 4.78 is 20.7. The molecular formula is C24H20ClFN4O3. The third kappa shape index (κ3) is 5.12. The molecule has 0 saturated heterocycles. The number of halogens is 2. The van der Waals surface area contributed by atoms with Crippen LogP contribution in [-0.4, -0.2) is 15.4 Å². The van der Waals surface area contributed by atoms with Crippen molar-refractivity contribution in [1.82, 2.24) is 9.38 Å². The van der Waals surface area contributed by atoms with Gasteiger partial charge >= 0.3 is 6.03 Å². The van der Waals surface area contributed by atoms with Gasteiger partial charge in [-0.2, -0.15) is 0 Å². The van der Waals surface area contributed by atoms with Crippen molar-refractivity contribution in [2.75, 3.05) is 10.6 Å². The number of nitrogens with zero attached hydrogens (tertiary/aromatic N) is 2. The van der Waals surface area contributed by atoms with Crippen LogP contribution >= 0.6 is 11.6 Å². The Kier molecular flexibility index (Phi) is 6.28. The normalized spacial score (nSPS) is 10.8. The van der Waals surface area contributed by atoms with Crippen molar-refractivity contribution in [2.24, 2.45) is 0 Å². The molecule has 4 aromatic rings. The molecule has 0 aliphatic rings. The zero-order valence-electron chi connectivity index (χ0n) is 17.9. The van der Waals surface area contributed by atoms with E-state index >= 15 is 0 Å². The summed E-state index contributed by atoms with van der Waals surface area (Å²) in [6.07, 6.45) is 1.67. The molecule has 2 amide bonds. The van der Waals surface area contributed by atoms with Crippen LogP contribution in [-0.2, 0) is 6.61 Å². The van der Waals surface area contributed by atoms with E-state index in [-0.39, 0.29) is 17.2 Å². The maximum Gasteiger partial charge on any atom is 0.323 e. The molecule has 33 heavy (non-hydrogen) atoms. The second-order valence-electron chi connectivity index (χ2n) is 7.45. The highest BCUT2D eigenvalue weighted by atomic mass is 35.5. The van der Waals surface area contributed by atoms with Crippen LogP contribution in [0, 0.1) is 19.7 Å². The molecule has 4 rings (SSSR count). The molecule has 0 atom stereocenters. The monoisotopic (exact) mass is 466 g/mol. The number of amides is 2. The smallest absolute Gasteiger partial charge is 0.323 e. The molecule has 0 aliphatic carbocycles. The van der Waals surface area contributed by atoms with E-state index in [1.54, 1.807) is 30.5 Å². The summed E-state index contributed by atoms with van der Waals surface area (Å²) in [7, 11) is 0. The number of anilines is 2. The highest BCUT2D eigenvalue weighted by Crippen LogP contribution is 2.24. The van der Waals surface area contributed by atoms with Crippen molar-refractivity contribution in [3.8, 4) is 5.75 Å². The number of pyridine rings is 1. The first-order valence-corrected chi connectivity index (χ1v) is 10.4. The van der Waals surface area contributed by atoms with Gasteiger partial charge in [-0.25, -0.2) is 14.2 Å². The number of urea groups is 1. The molecular weight excluding hydrogens is 447 g/mol. The first-order valence-electron chi connectivity index (χ1n) is 10.0. The van der Waals surface area contributed by atoms with E-state index in [1.165, 1.54) is 28.7 Å². The zero-order chi connectivity index (χ0) is 23.5. The van der Waals surface area contributed by atoms with Gasteiger partial charge in [0, 0.05) is 29.7 Å². The van der Waals surface area contributed by atoms with Gasteiger partial charge in [-0.15, -0.1) is 0 Å². The van der Waals surface area contributed by atoms with Crippen LogP contribution in [0.5, 0.6) is 5.75 Å². The van der Waals surface area contributed by atoms with Crippen molar-refractivity contribution in [1.29, 1.82) is 0 Å². The number of hydrogen-bond donors (Lipinski definition) is 2. The van der Waals surface area contributed by atoms with Crippen molar-refractivity contribution >= 4 is 34.7 Å². The Balaban J connectivity index is 1.47. The number of aryl methyl sites for hydroxylation is 2. The van der Waals surface area contributed by atoms with Gasteiger partial charge < -0.3 is 15.4 Å². The molecule has 0 spiro atoms. The molecule has 0 aliphatic heterocycles. The number of ether oxygens (including phenoxy) is 1. The molecule has 2 aromatic heterocycles. The molecule has 0 saturated carbocycles. The predicted molar refractivity (Wildman–Crippen MR) is 126 cm³/mol. The van der Waals surface area contributed by atoms with Gasteiger partial charge in [-0.1, -0.05) is 23.7 Å². The minimum Gasteiger partial charge on any atom is -0.487 e. The van der Waals surface area contributed by atoms with Crippen LogP contribution in [0.3, 0.4) is 0 Å². The van der Waals surface area contributed by atoms with E-state index in [1.807, 2.05) is 19.9 Å². The number of fused-ring (bicyclic) bond motifs is 1. The summed E-state index contributed by atoms with van der Waals surface area (Å²) in [6, 6.07) is 13.7. The van der Waals surface area contributed by atoms with Crippen molar-refractivity contribution in [3.63, 3.8) is 0 Å². The van der Waals surface area contributed by atoms with E-state index in [9.17, 15) is 14.0 Å². The lowest BCUT2D eigenvalue weighted by atomic mass is 10.2. The maximum absolute atomic E-state index is 13.3.